The first-order valence-electron chi connectivity index (χ1n) is 7.67. The Morgan fingerprint density at radius 2 is 2.27 bits per heavy atom. The summed E-state index contributed by atoms with van der Waals surface area (Å²) < 4.78 is 1.06. The van der Waals surface area contributed by atoms with E-state index in [0.29, 0.717) is 6.54 Å². The molecule has 2 atom stereocenters. The summed E-state index contributed by atoms with van der Waals surface area (Å²) in [5, 5.41) is 12.9. The number of carbonyl (C=O) groups excluding carboxylic acids is 1. The molecule has 1 fully saturated rings. The highest BCUT2D eigenvalue weighted by atomic mass is 32.1. The van der Waals surface area contributed by atoms with E-state index >= 15 is 0 Å². The predicted molar refractivity (Wildman–Crippen MR) is 89.2 cm³/mol. The Morgan fingerprint density at radius 1 is 1.45 bits per heavy atom. The first-order chi connectivity index (χ1) is 10.6. The van der Waals surface area contributed by atoms with E-state index in [1.165, 1.54) is 0 Å². The fourth-order valence-corrected chi connectivity index (χ4v) is 3.70. The molecular formula is C16H21N3O2S. The second-order valence-corrected chi connectivity index (χ2v) is 6.84. The molecule has 1 aliphatic carbocycles. The molecule has 1 aromatic carbocycles. The highest BCUT2D eigenvalue weighted by molar-refractivity contribution is 7.16. The van der Waals surface area contributed by atoms with Crippen LogP contribution >= 0.6 is 11.3 Å². The second kappa shape index (κ2) is 6.62. The maximum absolute atomic E-state index is 12.3. The number of thiazole rings is 1. The molecule has 0 bridgehead atoms. The van der Waals surface area contributed by atoms with Crippen molar-refractivity contribution in [2.45, 2.75) is 31.8 Å². The van der Waals surface area contributed by atoms with Crippen LogP contribution in [-0.4, -0.2) is 40.7 Å². The molecule has 0 spiro atoms. The highest BCUT2D eigenvalue weighted by Crippen LogP contribution is 2.25. The first kappa shape index (κ1) is 15.2. The average Bonchev–Trinajstić information content (AvgIpc) is 2.97. The molecule has 2 N–H and O–H groups in total. The molecule has 2 amide bonds. The van der Waals surface area contributed by atoms with E-state index < -0.39 is 0 Å². The summed E-state index contributed by atoms with van der Waals surface area (Å²) in [5.41, 5.74) is 3.52. The lowest BCUT2D eigenvalue weighted by Gasteiger charge is -2.31. The number of amides is 2. The van der Waals surface area contributed by atoms with Crippen molar-refractivity contribution in [3.63, 3.8) is 0 Å². The third kappa shape index (κ3) is 3.39. The summed E-state index contributed by atoms with van der Waals surface area (Å²) in [5.74, 6) is 0.188. The van der Waals surface area contributed by atoms with Gasteiger partial charge in [-0.05, 0) is 31.0 Å². The molecular weight excluding hydrogens is 298 g/mol. The van der Waals surface area contributed by atoms with Gasteiger partial charge >= 0.3 is 6.03 Å². The molecule has 2 aromatic rings. The maximum Gasteiger partial charge on any atom is 0.321 e. The number of aliphatic hydroxyl groups is 1. The second-order valence-electron chi connectivity index (χ2n) is 5.96. The molecule has 0 radical (unpaired) electrons. The minimum absolute atomic E-state index is 0.137. The Kier molecular flexibility index (Phi) is 4.59. The van der Waals surface area contributed by atoms with Crippen molar-refractivity contribution in [1.82, 2.24) is 9.88 Å². The number of rotatable bonds is 3. The van der Waals surface area contributed by atoms with Crippen molar-refractivity contribution in [3.05, 3.63) is 23.7 Å². The lowest BCUT2D eigenvalue weighted by Crippen LogP contribution is -2.40. The van der Waals surface area contributed by atoms with E-state index in [4.69, 9.17) is 0 Å². The number of hydrogen-bond donors (Lipinski definition) is 2. The first-order valence-corrected chi connectivity index (χ1v) is 8.55. The van der Waals surface area contributed by atoms with Gasteiger partial charge in [-0.25, -0.2) is 9.78 Å². The molecule has 1 heterocycles. The van der Waals surface area contributed by atoms with Gasteiger partial charge in [0.2, 0.25) is 0 Å². The van der Waals surface area contributed by atoms with Crippen molar-refractivity contribution in [2.75, 3.05) is 18.9 Å². The Hall–Kier alpha value is -1.66. The summed E-state index contributed by atoms with van der Waals surface area (Å²) in [7, 11) is 1.78. The Morgan fingerprint density at radius 3 is 3.09 bits per heavy atom. The van der Waals surface area contributed by atoms with Crippen molar-refractivity contribution < 1.29 is 9.90 Å². The van der Waals surface area contributed by atoms with Crippen molar-refractivity contribution in [2.24, 2.45) is 5.92 Å². The molecule has 0 saturated heterocycles. The summed E-state index contributed by atoms with van der Waals surface area (Å²) in [4.78, 5) is 18.2. The lowest BCUT2D eigenvalue weighted by atomic mass is 9.86. The zero-order valence-electron chi connectivity index (χ0n) is 12.7. The van der Waals surface area contributed by atoms with Crippen LogP contribution in [0, 0.1) is 5.92 Å². The van der Waals surface area contributed by atoms with E-state index in [0.717, 1.165) is 41.6 Å². The van der Waals surface area contributed by atoms with Crippen LogP contribution < -0.4 is 5.32 Å². The Bertz CT molecular complexity index is 658. The average molecular weight is 319 g/mol. The van der Waals surface area contributed by atoms with Gasteiger partial charge in [0.1, 0.15) is 0 Å². The standard InChI is InChI=1S/C16H21N3O2S/c1-19(9-11-4-2-3-5-14(11)20)16(21)18-12-6-7-13-15(8-12)22-10-17-13/h6-8,10-11,14,20H,2-5,9H2,1H3,(H,18,21). The van der Waals surface area contributed by atoms with Gasteiger partial charge in [-0.2, -0.15) is 0 Å². The number of nitrogens with zero attached hydrogens (tertiary/aromatic N) is 2. The number of anilines is 1. The minimum atomic E-state index is -0.280. The molecule has 2 unspecified atom stereocenters. The molecule has 118 valence electrons. The largest absolute Gasteiger partial charge is 0.393 e. The van der Waals surface area contributed by atoms with Gasteiger partial charge in [0.25, 0.3) is 0 Å². The molecule has 0 aliphatic heterocycles. The highest BCUT2D eigenvalue weighted by Gasteiger charge is 2.25. The fraction of sp³-hybridized carbons (Fsp3) is 0.500. The number of aromatic nitrogens is 1. The number of carbonyl (C=O) groups is 1. The fourth-order valence-electron chi connectivity index (χ4n) is 2.99. The molecule has 3 rings (SSSR count). The quantitative estimate of drug-likeness (QED) is 0.912. The van der Waals surface area contributed by atoms with Crippen LogP contribution in [0.4, 0.5) is 10.5 Å². The van der Waals surface area contributed by atoms with E-state index in [1.54, 1.807) is 28.8 Å². The predicted octanol–water partition coefficient (Wildman–Crippen LogP) is 3.31. The van der Waals surface area contributed by atoms with E-state index in [9.17, 15) is 9.90 Å². The summed E-state index contributed by atoms with van der Waals surface area (Å²) in [6.07, 6.45) is 3.78. The Balaban J connectivity index is 1.60. The summed E-state index contributed by atoms with van der Waals surface area (Å²) in [6.45, 7) is 0.593. The normalized spacial score (nSPS) is 21.7. The SMILES string of the molecule is CN(CC1CCCCC1O)C(=O)Nc1ccc2ncsc2c1. The van der Waals surface area contributed by atoms with E-state index in [-0.39, 0.29) is 18.1 Å². The number of fused-ring (bicyclic) bond motifs is 1. The number of aliphatic hydroxyl groups excluding tert-OH is 1. The molecule has 5 nitrogen and oxygen atoms in total. The monoisotopic (exact) mass is 319 g/mol. The van der Waals surface area contributed by atoms with Gasteiger partial charge in [-0.15, -0.1) is 11.3 Å². The molecule has 6 heteroatoms. The molecule has 1 aliphatic rings. The lowest BCUT2D eigenvalue weighted by molar-refractivity contribution is 0.0575. The van der Waals surface area contributed by atoms with Crippen molar-refractivity contribution in [3.8, 4) is 0 Å². The third-order valence-corrected chi connectivity index (χ3v) is 5.10. The summed E-state index contributed by atoms with van der Waals surface area (Å²) >= 11 is 1.56. The van der Waals surface area contributed by atoms with Gasteiger partial charge in [-0.3, -0.25) is 0 Å². The van der Waals surface area contributed by atoms with Crippen LogP contribution in [0.15, 0.2) is 23.7 Å². The van der Waals surface area contributed by atoms with Crippen molar-refractivity contribution >= 4 is 33.3 Å². The van der Waals surface area contributed by atoms with Crippen LogP contribution in [0.2, 0.25) is 0 Å². The zero-order chi connectivity index (χ0) is 15.5. The Labute approximate surface area is 134 Å². The number of urea groups is 1. The van der Waals surface area contributed by atoms with E-state index in [1.807, 2.05) is 18.2 Å². The van der Waals surface area contributed by atoms with Crippen LogP contribution in [0.25, 0.3) is 10.2 Å². The summed E-state index contributed by atoms with van der Waals surface area (Å²) in [6, 6.07) is 5.57. The van der Waals surface area contributed by atoms with Crippen LogP contribution in [0.1, 0.15) is 25.7 Å². The molecule has 22 heavy (non-hydrogen) atoms. The van der Waals surface area contributed by atoms with Gasteiger partial charge < -0.3 is 15.3 Å². The van der Waals surface area contributed by atoms with Crippen LogP contribution in [0.3, 0.4) is 0 Å². The van der Waals surface area contributed by atoms with Gasteiger partial charge in [0, 0.05) is 25.2 Å². The van der Waals surface area contributed by atoms with Gasteiger partial charge in [0.15, 0.2) is 0 Å². The van der Waals surface area contributed by atoms with Crippen LogP contribution in [0.5, 0.6) is 0 Å². The zero-order valence-corrected chi connectivity index (χ0v) is 13.5. The van der Waals surface area contributed by atoms with Crippen molar-refractivity contribution in [1.29, 1.82) is 0 Å². The molecule has 1 aromatic heterocycles. The smallest absolute Gasteiger partial charge is 0.321 e. The van der Waals surface area contributed by atoms with Crippen LogP contribution in [-0.2, 0) is 0 Å². The van der Waals surface area contributed by atoms with Gasteiger partial charge in [-0.1, -0.05) is 12.8 Å². The number of benzene rings is 1. The minimum Gasteiger partial charge on any atom is -0.393 e. The van der Waals surface area contributed by atoms with Gasteiger partial charge in [0.05, 0.1) is 21.8 Å². The number of hydrogen-bond acceptors (Lipinski definition) is 4. The third-order valence-electron chi connectivity index (χ3n) is 4.31. The topological polar surface area (TPSA) is 65.5 Å². The van der Waals surface area contributed by atoms with E-state index in [2.05, 4.69) is 10.3 Å². The molecule has 1 saturated carbocycles. The number of nitrogens with one attached hydrogen (secondary N) is 1. The maximum atomic E-state index is 12.3.